The molecule has 0 spiro atoms. The van der Waals surface area contributed by atoms with Gasteiger partial charge in [-0.3, -0.25) is 4.79 Å². The fraction of sp³-hybridized carbons (Fsp3) is 0.286. The molecule has 0 aliphatic carbocycles. The molecular formula is C14H15FN2O2. The average molecular weight is 262 g/mol. The van der Waals surface area contributed by atoms with E-state index >= 15 is 0 Å². The van der Waals surface area contributed by atoms with Crippen molar-refractivity contribution in [1.82, 2.24) is 10.5 Å². The molecule has 4 nitrogen and oxygen atoms in total. The fourth-order valence-corrected chi connectivity index (χ4v) is 1.64. The van der Waals surface area contributed by atoms with E-state index in [1.165, 1.54) is 12.1 Å². The predicted molar refractivity (Wildman–Crippen MR) is 68.9 cm³/mol. The molecule has 1 aromatic heterocycles. The number of benzene rings is 1. The molecule has 2 aromatic rings. The van der Waals surface area contributed by atoms with Crippen LogP contribution in [0.4, 0.5) is 4.39 Å². The second kappa shape index (κ2) is 6.13. The highest BCUT2D eigenvalue weighted by molar-refractivity contribution is 5.78. The number of halogens is 1. The number of aromatic nitrogens is 1. The first-order valence-corrected chi connectivity index (χ1v) is 6.17. The number of amides is 1. The van der Waals surface area contributed by atoms with E-state index in [-0.39, 0.29) is 18.1 Å². The fourth-order valence-electron chi connectivity index (χ4n) is 1.64. The van der Waals surface area contributed by atoms with Crippen LogP contribution >= 0.6 is 0 Å². The number of carbonyl (C=O) groups is 1. The highest BCUT2D eigenvalue weighted by Gasteiger charge is 2.10. The molecule has 0 atom stereocenters. The average Bonchev–Trinajstić information content (AvgIpc) is 2.85. The van der Waals surface area contributed by atoms with Gasteiger partial charge in [-0.05, 0) is 30.7 Å². The van der Waals surface area contributed by atoms with Crippen LogP contribution in [-0.4, -0.2) is 17.6 Å². The first kappa shape index (κ1) is 13.3. The Morgan fingerprint density at radius 1 is 1.37 bits per heavy atom. The molecule has 0 aliphatic rings. The van der Waals surface area contributed by atoms with Gasteiger partial charge in [0.25, 0.3) is 0 Å². The second-order valence-electron chi connectivity index (χ2n) is 4.22. The molecule has 1 amide bonds. The summed E-state index contributed by atoms with van der Waals surface area (Å²) in [7, 11) is 0. The van der Waals surface area contributed by atoms with E-state index in [1.54, 1.807) is 18.2 Å². The summed E-state index contributed by atoms with van der Waals surface area (Å²) in [5.74, 6) is 0.140. The Morgan fingerprint density at radius 2 is 2.11 bits per heavy atom. The van der Waals surface area contributed by atoms with Crippen molar-refractivity contribution < 1.29 is 13.7 Å². The monoisotopic (exact) mass is 262 g/mol. The number of rotatable bonds is 5. The maximum absolute atomic E-state index is 12.8. The third-order valence-corrected chi connectivity index (χ3v) is 2.60. The van der Waals surface area contributed by atoms with Crippen LogP contribution in [0.1, 0.15) is 19.0 Å². The van der Waals surface area contributed by atoms with E-state index in [0.717, 1.165) is 12.0 Å². The van der Waals surface area contributed by atoms with E-state index in [9.17, 15) is 9.18 Å². The van der Waals surface area contributed by atoms with Crippen molar-refractivity contribution in [1.29, 1.82) is 0 Å². The molecule has 0 saturated carbocycles. The van der Waals surface area contributed by atoms with Crippen molar-refractivity contribution in [2.75, 3.05) is 6.54 Å². The topological polar surface area (TPSA) is 55.1 Å². The summed E-state index contributed by atoms with van der Waals surface area (Å²) in [6, 6.07) is 7.61. The molecule has 0 bridgehead atoms. The lowest BCUT2D eigenvalue weighted by Crippen LogP contribution is -2.25. The lowest BCUT2D eigenvalue weighted by molar-refractivity contribution is -0.120. The number of carbonyl (C=O) groups excluding carboxylic acids is 1. The minimum absolute atomic E-state index is 0.0826. The highest BCUT2D eigenvalue weighted by Crippen LogP contribution is 2.20. The summed E-state index contributed by atoms with van der Waals surface area (Å²) in [6.07, 6.45) is 1.08. The van der Waals surface area contributed by atoms with Gasteiger partial charge in [-0.2, -0.15) is 0 Å². The Kier molecular flexibility index (Phi) is 4.28. The molecule has 5 heteroatoms. The minimum Gasteiger partial charge on any atom is -0.356 e. The van der Waals surface area contributed by atoms with Crippen LogP contribution in [0.5, 0.6) is 0 Å². The maximum Gasteiger partial charge on any atom is 0.226 e. The molecule has 1 aromatic carbocycles. The number of hydrogen-bond acceptors (Lipinski definition) is 3. The third kappa shape index (κ3) is 3.64. The van der Waals surface area contributed by atoms with Crippen molar-refractivity contribution in [3.8, 4) is 11.3 Å². The van der Waals surface area contributed by atoms with Crippen LogP contribution in [0.25, 0.3) is 11.3 Å². The van der Waals surface area contributed by atoms with Gasteiger partial charge in [0.1, 0.15) is 5.82 Å². The number of hydrogen-bond donors (Lipinski definition) is 1. The summed E-state index contributed by atoms with van der Waals surface area (Å²) in [6.45, 7) is 2.64. The predicted octanol–water partition coefficient (Wildman–Crippen LogP) is 2.55. The molecule has 0 radical (unpaired) electrons. The largest absolute Gasteiger partial charge is 0.356 e. The molecule has 1 N–H and O–H groups in total. The van der Waals surface area contributed by atoms with Gasteiger partial charge in [0, 0.05) is 18.2 Å². The van der Waals surface area contributed by atoms with Crippen molar-refractivity contribution in [2.24, 2.45) is 0 Å². The molecule has 100 valence electrons. The Morgan fingerprint density at radius 3 is 2.79 bits per heavy atom. The highest BCUT2D eigenvalue weighted by atomic mass is 19.1. The van der Waals surface area contributed by atoms with Gasteiger partial charge in [0.15, 0.2) is 5.76 Å². The van der Waals surface area contributed by atoms with Gasteiger partial charge >= 0.3 is 0 Å². The zero-order valence-corrected chi connectivity index (χ0v) is 10.6. The second-order valence-corrected chi connectivity index (χ2v) is 4.22. The standard InChI is InChI=1S/C14H15FN2O2/c1-2-7-16-14(18)9-12-8-13(19-17-12)10-3-5-11(15)6-4-10/h3-6,8H,2,7,9H2,1H3,(H,16,18). The molecule has 0 unspecified atom stereocenters. The molecule has 0 saturated heterocycles. The van der Waals surface area contributed by atoms with Crippen LogP contribution in [-0.2, 0) is 11.2 Å². The van der Waals surface area contributed by atoms with E-state index < -0.39 is 0 Å². The third-order valence-electron chi connectivity index (χ3n) is 2.60. The molecule has 2 rings (SSSR count). The summed E-state index contributed by atoms with van der Waals surface area (Å²) in [5, 5.41) is 6.60. The van der Waals surface area contributed by atoms with E-state index in [4.69, 9.17) is 4.52 Å². The summed E-state index contributed by atoms with van der Waals surface area (Å²) in [5.41, 5.74) is 1.29. The maximum atomic E-state index is 12.8. The van der Waals surface area contributed by atoms with Crippen molar-refractivity contribution in [3.05, 3.63) is 41.8 Å². The Labute approximate surface area is 110 Å². The van der Waals surface area contributed by atoms with Crippen LogP contribution in [0.3, 0.4) is 0 Å². The molecule has 19 heavy (non-hydrogen) atoms. The van der Waals surface area contributed by atoms with Crippen molar-refractivity contribution >= 4 is 5.91 Å². The van der Waals surface area contributed by atoms with Crippen LogP contribution in [0, 0.1) is 5.82 Å². The first-order valence-electron chi connectivity index (χ1n) is 6.17. The van der Waals surface area contributed by atoms with Gasteiger partial charge < -0.3 is 9.84 Å². The Balaban J connectivity index is 2.02. The van der Waals surface area contributed by atoms with Gasteiger partial charge in [0.05, 0.1) is 12.1 Å². The first-order chi connectivity index (χ1) is 9.19. The van der Waals surface area contributed by atoms with E-state index in [2.05, 4.69) is 10.5 Å². The molecular weight excluding hydrogens is 247 g/mol. The zero-order valence-electron chi connectivity index (χ0n) is 10.6. The van der Waals surface area contributed by atoms with E-state index in [0.29, 0.717) is 18.0 Å². The van der Waals surface area contributed by atoms with Gasteiger partial charge in [-0.15, -0.1) is 0 Å². The Bertz CT molecular complexity index is 549. The lowest BCUT2D eigenvalue weighted by atomic mass is 10.1. The molecule has 0 fully saturated rings. The smallest absolute Gasteiger partial charge is 0.226 e. The number of nitrogens with one attached hydrogen (secondary N) is 1. The normalized spacial score (nSPS) is 10.4. The lowest BCUT2D eigenvalue weighted by Gasteiger charge is -1.99. The van der Waals surface area contributed by atoms with Gasteiger partial charge in [0.2, 0.25) is 5.91 Å². The zero-order chi connectivity index (χ0) is 13.7. The quantitative estimate of drug-likeness (QED) is 0.901. The van der Waals surface area contributed by atoms with Crippen LogP contribution < -0.4 is 5.32 Å². The van der Waals surface area contributed by atoms with E-state index in [1.807, 2.05) is 6.92 Å². The van der Waals surface area contributed by atoms with Crippen molar-refractivity contribution in [3.63, 3.8) is 0 Å². The van der Waals surface area contributed by atoms with Crippen LogP contribution in [0.2, 0.25) is 0 Å². The summed E-state index contributed by atoms with van der Waals surface area (Å²) >= 11 is 0. The van der Waals surface area contributed by atoms with Gasteiger partial charge in [-0.1, -0.05) is 12.1 Å². The van der Waals surface area contributed by atoms with Gasteiger partial charge in [-0.25, -0.2) is 4.39 Å². The molecule has 0 aliphatic heterocycles. The summed E-state index contributed by atoms with van der Waals surface area (Å²) < 4.78 is 17.9. The van der Waals surface area contributed by atoms with Crippen LogP contribution in [0.15, 0.2) is 34.9 Å². The van der Waals surface area contributed by atoms with Crippen molar-refractivity contribution in [2.45, 2.75) is 19.8 Å². The summed E-state index contributed by atoms with van der Waals surface area (Å²) in [4.78, 5) is 11.5. The molecule has 1 heterocycles. The SMILES string of the molecule is CCCNC(=O)Cc1cc(-c2ccc(F)cc2)on1. The minimum atomic E-state index is -0.303. The Hall–Kier alpha value is -2.17. The number of nitrogens with zero attached hydrogens (tertiary/aromatic N) is 1.